The highest BCUT2D eigenvalue weighted by molar-refractivity contribution is 8.02. The molecule has 218 valence electrons. The molecule has 0 radical (unpaired) electrons. The molecule has 2 bridgehead atoms. The molecule has 0 aliphatic carbocycles. The smallest absolute Gasteiger partial charge is 0.247 e. The maximum atomic E-state index is 14.6. The van der Waals surface area contributed by atoms with Gasteiger partial charge in [0.05, 0.1) is 29.2 Å². The van der Waals surface area contributed by atoms with E-state index in [-0.39, 0.29) is 35.5 Å². The van der Waals surface area contributed by atoms with E-state index >= 15 is 0 Å². The van der Waals surface area contributed by atoms with Crippen LogP contribution in [0.3, 0.4) is 0 Å². The van der Waals surface area contributed by atoms with E-state index in [0.29, 0.717) is 39.0 Å². The number of carbonyl (C=O) groups excluding carboxylic acids is 3. The monoisotopic (exact) mass is 567 g/mol. The molecule has 1 N–H and O–H groups in total. The summed E-state index contributed by atoms with van der Waals surface area (Å²) in [5.41, 5.74) is 1.000. The fourth-order valence-electron chi connectivity index (χ4n) is 7.16. The van der Waals surface area contributed by atoms with Crippen molar-refractivity contribution in [2.45, 2.75) is 75.1 Å². The van der Waals surface area contributed by atoms with E-state index in [0.717, 1.165) is 18.4 Å². The number of fused-ring (bicyclic) bond motifs is 1. The maximum Gasteiger partial charge on any atom is 0.247 e. The standard InChI is InChI=1S/C32H45N3O4S/c1-6-16-33(17-7-2)29(37)26-25-14-15-32(40-25)27(26)30(38)35(24(21-36)19-22(4)5)28(32)31(39)34(18-8-3)20-23-12-10-9-11-13-23/h6,8-13,22,24-28,36H,1,3,7,14-21H2,2,4-5H3/t24-,25+,26-,27+,28?,32?/m1/s1. The van der Waals surface area contributed by atoms with Crippen molar-refractivity contribution in [3.05, 3.63) is 61.2 Å². The fraction of sp³-hybridized carbons (Fsp3) is 0.594. The Balaban J connectivity index is 1.77. The lowest BCUT2D eigenvalue weighted by atomic mass is 9.70. The zero-order chi connectivity index (χ0) is 29.0. The number of aliphatic hydroxyl groups is 1. The van der Waals surface area contributed by atoms with Crippen molar-refractivity contribution in [1.82, 2.24) is 14.7 Å². The van der Waals surface area contributed by atoms with Crippen LogP contribution in [0.2, 0.25) is 0 Å². The van der Waals surface area contributed by atoms with Crippen molar-refractivity contribution in [3.63, 3.8) is 0 Å². The maximum absolute atomic E-state index is 14.6. The van der Waals surface area contributed by atoms with Gasteiger partial charge in [-0.05, 0) is 37.2 Å². The number of hydrogen-bond donors (Lipinski definition) is 1. The molecule has 3 fully saturated rings. The summed E-state index contributed by atoms with van der Waals surface area (Å²) >= 11 is 1.68. The van der Waals surface area contributed by atoms with Crippen LogP contribution in [0.25, 0.3) is 0 Å². The number of carbonyl (C=O) groups is 3. The number of hydrogen-bond acceptors (Lipinski definition) is 5. The van der Waals surface area contributed by atoms with Crippen LogP contribution in [0, 0.1) is 17.8 Å². The highest BCUT2D eigenvalue weighted by Gasteiger charge is 2.74. The topological polar surface area (TPSA) is 81.2 Å². The Labute approximate surface area is 243 Å². The molecule has 3 aliphatic rings. The second kappa shape index (κ2) is 12.9. The first kappa shape index (κ1) is 30.4. The Morgan fingerprint density at radius 3 is 2.42 bits per heavy atom. The number of rotatable bonds is 14. The van der Waals surface area contributed by atoms with Crippen LogP contribution in [-0.2, 0) is 20.9 Å². The molecule has 40 heavy (non-hydrogen) atoms. The van der Waals surface area contributed by atoms with Crippen LogP contribution < -0.4 is 0 Å². The Morgan fingerprint density at radius 2 is 1.82 bits per heavy atom. The summed E-state index contributed by atoms with van der Waals surface area (Å²) in [5, 5.41) is 10.5. The first-order valence-electron chi connectivity index (χ1n) is 14.7. The Hall–Kier alpha value is -2.58. The second-order valence-electron chi connectivity index (χ2n) is 11.8. The van der Waals surface area contributed by atoms with Gasteiger partial charge in [0.1, 0.15) is 6.04 Å². The lowest BCUT2D eigenvalue weighted by molar-refractivity contribution is -0.147. The van der Waals surface area contributed by atoms with E-state index in [9.17, 15) is 19.5 Å². The molecule has 0 saturated carbocycles. The molecule has 4 rings (SSSR count). The number of amides is 3. The summed E-state index contributed by atoms with van der Waals surface area (Å²) in [6.45, 7) is 15.5. The molecule has 2 unspecified atom stereocenters. The van der Waals surface area contributed by atoms with Gasteiger partial charge in [-0.15, -0.1) is 24.9 Å². The van der Waals surface area contributed by atoms with Gasteiger partial charge in [0, 0.05) is 31.4 Å². The molecule has 3 heterocycles. The van der Waals surface area contributed by atoms with E-state index in [4.69, 9.17) is 0 Å². The molecule has 0 aromatic heterocycles. The average molecular weight is 568 g/mol. The molecule has 1 aromatic carbocycles. The fourth-order valence-corrected chi connectivity index (χ4v) is 9.35. The van der Waals surface area contributed by atoms with Crippen LogP contribution >= 0.6 is 11.8 Å². The van der Waals surface area contributed by atoms with Crippen molar-refractivity contribution in [2.75, 3.05) is 26.2 Å². The van der Waals surface area contributed by atoms with Gasteiger partial charge in [0.2, 0.25) is 17.7 Å². The predicted molar refractivity (Wildman–Crippen MR) is 160 cm³/mol. The first-order valence-corrected chi connectivity index (χ1v) is 15.6. The van der Waals surface area contributed by atoms with Crippen LogP contribution in [-0.4, -0.2) is 85.8 Å². The molecular formula is C32H45N3O4S. The average Bonchev–Trinajstić information content (AvgIpc) is 3.58. The summed E-state index contributed by atoms with van der Waals surface area (Å²) in [4.78, 5) is 48.4. The first-order chi connectivity index (χ1) is 19.2. The normalized spacial score (nSPS) is 27.5. The van der Waals surface area contributed by atoms with Crippen LogP contribution in [0.4, 0.5) is 0 Å². The second-order valence-corrected chi connectivity index (χ2v) is 13.4. The minimum atomic E-state index is -0.739. The van der Waals surface area contributed by atoms with Gasteiger partial charge >= 0.3 is 0 Å². The zero-order valence-corrected chi connectivity index (χ0v) is 25.0. The van der Waals surface area contributed by atoms with E-state index in [2.05, 4.69) is 27.0 Å². The summed E-state index contributed by atoms with van der Waals surface area (Å²) in [6, 6.07) is 8.60. The molecule has 8 heteroatoms. The number of aliphatic hydroxyl groups excluding tert-OH is 1. The number of benzene rings is 1. The van der Waals surface area contributed by atoms with Gasteiger partial charge in [0.15, 0.2) is 0 Å². The molecule has 7 nitrogen and oxygen atoms in total. The van der Waals surface area contributed by atoms with Crippen molar-refractivity contribution in [3.8, 4) is 0 Å². The van der Waals surface area contributed by atoms with Crippen LogP contribution in [0.5, 0.6) is 0 Å². The van der Waals surface area contributed by atoms with E-state index in [1.807, 2.05) is 42.2 Å². The summed E-state index contributed by atoms with van der Waals surface area (Å²) < 4.78 is -0.689. The third-order valence-corrected chi connectivity index (χ3v) is 10.6. The third kappa shape index (κ3) is 5.49. The summed E-state index contributed by atoms with van der Waals surface area (Å²) in [5.74, 6) is -1.12. The predicted octanol–water partition coefficient (Wildman–Crippen LogP) is 4.12. The quantitative estimate of drug-likeness (QED) is 0.342. The SMILES string of the molecule is C=CCN(Cc1ccccc1)C(=O)C1N([C@@H](CO)CC(C)C)C(=O)[C@@H]2[C@H](C(=O)N(CC=C)CCC)[C@@H]3CCC12S3. The highest BCUT2D eigenvalue weighted by atomic mass is 32.2. The molecule has 6 atom stereocenters. The Morgan fingerprint density at radius 1 is 1.15 bits per heavy atom. The van der Waals surface area contributed by atoms with Gasteiger partial charge in [-0.2, -0.15) is 0 Å². The van der Waals surface area contributed by atoms with Gasteiger partial charge in [-0.3, -0.25) is 14.4 Å². The van der Waals surface area contributed by atoms with Crippen LogP contribution in [0.1, 0.15) is 52.0 Å². The lowest BCUT2D eigenvalue weighted by Crippen LogP contribution is -2.57. The molecule has 3 aliphatic heterocycles. The minimum Gasteiger partial charge on any atom is -0.394 e. The number of nitrogens with zero attached hydrogens (tertiary/aromatic N) is 3. The van der Waals surface area contributed by atoms with Crippen molar-refractivity contribution in [2.24, 2.45) is 17.8 Å². The molecular weight excluding hydrogens is 522 g/mol. The zero-order valence-electron chi connectivity index (χ0n) is 24.2. The van der Waals surface area contributed by atoms with E-state index in [1.165, 1.54) is 0 Å². The number of thioether (sulfide) groups is 1. The van der Waals surface area contributed by atoms with Gasteiger partial charge in [-0.25, -0.2) is 0 Å². The van der Waals surface area contributed by atoms with Crippen LogP contribution in [0.15, 0.2) is 55.6 Å². The molecule has 3 saturated heterocycles. The van der Waals surface area contributed by atoms with Crippen molar-refractivity contribution >= 4 is 29.5 Å². The van der Waals surface area contributed by atoms with Crippen molar-refractivity contribution in [1.29, 1.82) is 0 Å². The molecule has 1 spiro atoms. The molecule has 1 aromatic rings. The molecule has 3 amide bonds. The summed E-state index contributed by atoms with van der Waals surface area (Å²) in [7, 11) is 0. The Bertz CT molecular complexity index is 1090. The van der Waals surface area contributed by atoms with E-state index < -0.39 is 28.7 Å². The summed E-state index contributed by atoms with van der Waals surface area (Å²) in [6.07, 6.45) is 6.36. The van der Waals surface area contributed by atoms with Gasteiger partial charge in [-0.1, -0.05) is 63.3 Å². The number of likely N-dealkylation sites (tertiary alicyclic amines) is 1. The lowest BCUT2D eigenvalue weighted by Gasteiger charge is -2.40. The van der Waals surface area contributed by atoms with Gasteiger partial charge < -0.3 is 19.8 Å². The minimum absolute atomic E-state index is 0.00252. The van der Waals surface area contributed by atoms with E-state index in [1.54, 1.807) is 33.7 Å². The largest absolute Gasteiger partial charge is 0.394 e. The Kier molecular flexibility index (Phi) is 9.83. The third-order valence-electron chi connectivity index (χ3n) is 8.64. The van der Waals surface area contributed by atoms with Gasteiger partial charge in [0.25, 0.3) is 0 Å². The van der Waals surface area contributed by atoms with Crippen molar-refractivity contribution < 1.29 is 19.5 Å². The highest BCUT2D eigenvalue weighted by Crippen LogP contribution is 2.67.